The maximum Gasteiger partial charge on any atom is 0.512 e. The summed E-state index contributed by atoms with van der Waals surface area (Å²) in [4.78, 5) is 11.9. The number of hydrogen-bond donors (Lipinski definition) is 1. The van der Waals surface area contributed by atoms with Gasteiger partial charge >= 0.3 is 12.3 Å². The Morgan fingerprint density at radius 3 is 2.31 bits per heavy atom. The van der Waals surface area contributed by atoms with Gasteiger partial charge in [0.05, 0.1) is 23.3 Å². The number of aryl methyl sites for hydroxylation is 1. The molecule has 9 heteroatoms. The van der Waals surface area contributed by atoms with E-state index in [4.69, 9.17) is 14.2 Å². The summed E-state index contributed by atoms with van der Waals surface area (Å²) in [5, 5.41) is 12.0. The number of halogens is 3. The molecule has 0 unspecified atom stereocenters. The molecule has 0 bridgehead atoms. The largest absolute Gasteiger partial charge is 0.512 e. The Morgan fingerprint density at radius 2 is 1.51 bits per heavy atom. The third-order valence-electron chi connectivity index (χ3n) is 7.45. The van der Waals surface area contributed by atoms with Crippen molar-refractivity contribution in [2.24, 2.45) is 0 Å². The lowest BCUT2D eigenvalue weighted by atomic mass is 9.98. The van der Waals surface area contributed by atoms with E-state index in [1.807, 2.05) is 72.8 Å². The molecule has 0 aliphatic rings. The minimum atomic E-state index is -4.70. The number of carboxylic acid groups (broad SMARTS) is 1. The van der Waals surface area contributed by atoms with Gasteiger partial charge in [-0.1, -0.05) is 84.9 Å². The molecule has 0 amide bonds. The molecule has 0 saturated heterocycles. The van der Waals surface area contributed by atoms with Crippen LogP contribution in [0.1, 0.15) is 17.5 Å². The van der Waals surface area contributed by atoms with Crippen LogP contribution in [-0.2, 0) is 19.3 Å². The molecule has 1 aromatic heterocycles. The predicted molar refractivity (Wildman–Crippen MR) is 166 cm³/mol. The molecule has 0 atom stereocenters. The van der Waals surface area contributed by atoms with Crippen molar-refractivity contribution in [2.75, 3.05) is 6.61 Å². The van der Waals surface area contributed by atoms with Gasteiger partial charge in [0.1, 0.15) is 18.1 Å². The molecule has 45 heavy (non-hydrogen) atoms. The van der Waals surface area contributed by atoms with E-state index in [9.17, 15) is 23.1 Å². The third-order valence-corrected chi connectivity index (χ3v) is 7.45. The molecule has 0 spiro atoms. The SMILES string of the molecule is O=C(O)Oc1c(-c2ccccc2C(F)(F)F)c2cc(OCc3ccccc3)ccc2n1CCCOc1cccc2ccccc12. The summed E-state index contributed by atoms with van der Waals surface area (Å²) in [6, 6.07) is 33.1. The maximum atomic E-state index is 14.2. The number of benzene rings is 5. The second-order valence-electron chi connectivity index (χ2n) is 10.4. The molecule has 0 aliphatic heterocycles. The van der Waals surface area contributed by atoms with Gasteiger partial charge in [0.2, 0.25) is 5.88 Å². The van der Waals surface area contributed by atoms with E-state index in [1.54, 1.807) is 22.8 Å². The fourth-order valence-electron chi connectivity index (χ4n) is 5.49. The predicted octanol–water partition coefficient (Wildman–Crippen LogP) is 9.59. The summed E-state index contributed by atoms with van der Waals surface area (Å²) < 4.78 is 61.6. The van der Waals surface area contributed by atoms with Crippen LogP contribution in [0.15, 0.2) is 115 Å². The van der Waals surface area contributed by atoms with Crippen LogP contribution >= 0.6 is 0 Å². The average Bonchev–Trinajstić information content (AvgIpc) is 3.33. The Kier molecular flexibility index (Phi) is 8.33. The average molecular weight is 612 g/mol. The molecular formula is C36H28F3NO5. The van der Waals surface area contributed by atoms with E-state index in [1.165, 1.54) is 18.2 Å². The first-order chi connectivity index (χ1) is 21.8. The van der Waals surface area contributed by atoms with Gasteiger partial charge in [-0.2, -0.15) is 13.2 Å². The maximum absolute atomic E-state index is 14.2. The van der Waals surface area contributed by atoms with E-state index < -0.39 is 17.9 Å². The number of aromatic nitrogens is 1. The number of nitrogens with zero attached hydrogens (tertiary/aromatic N) is 1. The van der Waals surface area contributed by atoms with E-state index >= 15 is 0 Å². The molecular weight excluding hydrogens is 583 g/mol. The van der Waals surface area contributed by atoms with Gasteiger partial charge in [-0.05, 0) is 53.3 Å². The van der Waals surface area contributed by atoms with Crippen LogP contribution in [-0.4, -0.2) is 22.4 Å². The summed E-state index contributed by atoms with van der Waals surface area (Å²) in [7, 11) is 0. The first-order valence-corrected chi connectivity index (χ1v) is 14.3. The zero-order chi connectivity index (χ0) is 31.4. The zero-order valence-electron chi connectivity index (χ0n) is 24.0. The van der Waals surface area contributed by atoms with Gasteiger partial charge in [-0.15, -0.1) is 0 Å². The van der Waals surface area contributed by atoms with Crippen molar-refractivity contribution in [3.63, 3.8) is 0 Å². The molecule has 0 fully saturated rings. The van der Waals surface area contributed by atoms with Crippen molar-refractivity contribution in [1.82, 2.24) is 4.57 Å². The fraction of sp³-hybridized carbons (Fsp3) is 0.139. The third kappa shape index (κ3) is 6.43. The number of hydrogen-bond acceptors (Lipinski definition) is 4. The van der Waals surface area contributed by atoms with Crippen LogP contribution in [0.25, 0.3) is 32.8 Å². The van der Waals surface area contributed by atoms with Gasteiger partial charge in [-0.3, -0.25) is 0 Å². The Balaban J connectivity index is 1.39. The van der Waals surface area contributed by atoms with E-state index in [0.29, 0.717) is 28.8 Å². The van der Waals surface area contributed by atoms with Crippen molar-refractivity contribution < 1.29 is 37.3 Å². The normalized spacial score (nSPS) is 11.5. The summed E-state index contributed by atoms with van der Waals surface area (Å²) in [5.74, 6) is 0.905. The second kappa shape index (κ2) is 12.7. The monoisotopic (exact) mass is 611 g/mol. The molecule has 5 aromatic carbocycles. The number of carbonyl (C=O) groups is 1. The van der Waals surface area contributed by atoms with Crippen molar-refractivity contribution in [3.8, 4) is 28.5 Å². The van der Waals surface area contributed by atoms with Crippen LogP contribution in [0.5, 0.6) is 17.4 Å². The molecule has 0 aliphatic carbocycles. The van der Waals surface area contributed by atoms with Crippen LogP contribution in [0.4, 0.5) is 18.0 Å². The Morgan fingerprint density at radius 1 is 0.778 bits per heavy atom. The molecule has 1 N–H and O–H groups in total. The molecule has 1 heterocycles. The highest BCUT2D eigenvalue weighted by molar-refractivity contribution is 6.02. The first-order valence-electron chi connectivity index (χ1n) is 14.3. The van der Waals surface area contributed by atoms with Crippen molar-refractivity contribution in [2.45, 2.75) is 25.7 Å². The number of fused-ring (bicyclic) bond motifs is 2. The highest BCUT2D eigenvalue weighted by Crippen LogP contribution is 2.46. The lowest BCUT2D eigenvalue weighted by Gasteiger charge is -2.15. The van der Waals surface area contributed by atoms with Crippen LogP contribution in [0.2, 0.25) is 0 Å². The molecule has 6 aromatic rings. The standard InChI is InChI=1S/C36H28F3NO5/c37-36(38,39)30-16-7-6-15-28(30)33-29-22-26(44-23-24-10-2-1-3-11-24)18-19-31(29)40(34(33)45-35(41)42)20-9-21-43-32-17-8-13-25-12-4-5-14-27(25)32/h1-8,10-19,22H,9,20-21,23H2,(H,41,42). The second-order valence-corrected chi connectivity index (χ2v) is 10.4. The summed E-state index contributed by atoms with van der Waals surface area (Å²) in [6.07, 6.45) is -5.92. The first kappa shape index (κ1) is 29.6. The van der Waals surface area contributed by atoms with E-state index in [-0.39, 0.29) is 36.8 Å². The smallest absolute Gasteiger partial charge is 0.493 e. The van der Waals surface area contributed by atoms with Gasteiger partial charge in [0, 0.05) is 17.3 Å². The Labute approximate surface area is 256 Å². The van der Waals surface area contributed by atoms with Crippen molar-refractivity contribution >= 4 is 27.8 Å². The zero-order valence-corrected chi connectivity index (χ0v) is 24.0. The van der Waals surface area contributed by atoms with Crippen LogP contribution < -0.4 is 14.2 Å². The van der Waals surface area contributed by atoms with E-state index in [2.05, 4.69) is 0 Å². The van der Waals surface area contributed by atoms with Gasteiger partial charge in [0.25, 0.3) is 0 Å². The van der Waals surface area contributed by atoms with Crippen molar-refractivity contribution in [3.05, 3.63) is 126 Å². The lowest BCUT2D eigenvalue weighted by Crippen LogP contribution is -2.12. The highest BCUT2D eigenvalue weighted by atomic mass is 19.4. The summed E-state index contributed by atoms with van der Waals surface area (Å²) in [5.41, 5.74) is 0.321. The molecule has 0 radical (unpaired) electrons. The number of rotatable bonds is 10. The molecule has 228 valence electrons. The minimum Gasteiger partial charge on any atom is -0.493 e. The molecule has 0 saturated carbocycles. The van der Waals surface area contributed by atoms with Gasteiger partial charge < -0.3 is 23.9 Å². The highest BCUT2D eigenvalue weighted by Gasteiger charge is 2.36. The lowest BCUT2D eigenvalue weighted by molar-refractivity contribution is -0.137. The quantitative estimate of drug-likeness (QED) is 0.123. The molecule has 6 nitrogen and oxygen atoms in total. The topological polar surface area (TPSA) is 69.9 Å². The minimum absolute atomic E-state index is 0.0143. The fourth-order valence-corrected chi connectivity index (χ4v) is 5.49. The van der Waals surface area contributed by atoms with Crippen LogP contribution in [0, 0.1) is 0 Å². The Bertz CT molecular complexity index is 1960. The number of ether oxygens (including phenoxy) is 3. The van der Waals surface area contributed by atoms with Crippen LogP contribution in [0.3, 0.4) is 0 Å². The van der Waals surface area contributed by atoms with Crippen molar-refractivity contribution in [1.29, 1.82) is 0 Å². The molecule has 6 rings (SSSR count). The summed E-state index contributed by atoms with van der Waals surface area (Å²) >= 11 is 0. The summed E-state index contributed by atoms with van der Waals surface area (Å²) in [6.45, 7) is 0.723. The number of alkyl halides is 3. The van der Waals surface area contributed by atoms with Gasteiger partial charge in [0.15, 0.2) is 0 Å². The van der Waals surface area contributed by atoms with Gasteiger partial charge in [-0.25, -0.2) is 4.79 Å². The Hall–Kier alpha value is -5.44. The van der Waals surface area contributed by atoms with E-state index in [0.717, 1.165) is 22.4 Å².